The van der Waals surface area contributed by atoms with Gasteiger partial charge in [0.1, 0.15) is 12.4 Å². The second kappa shape index (κ2) is 8.41. The van der Waals surface area contributed by atoms with E-state index in [-0.39, 0.29) is 0 Å². The number of nitrogens with one attached hydrogen (secondary N) is 1. The fourth-order valence-electron chi connectivity index (χ4n) is 3.88. The van der Waals surface area contributed by atoms with Gasteiger partial charge in [-0.15, -0.1) is 0 Å². The van der Waals surface area contributed by atoms with Gasteiger partial charge in [-0.1, -0.05) is 60.7 Å². The molecule has 0 bridgehead atoms. The molecule has 1 aliphatic rings. The van der Waals surface area contributed by atoms with Crippen LogP contribution >= 0.6 is 0 Å². The molecule has 2 heteroatoms. The normalized spacial score (nSPS) is 14.9. The number of rotatable bonds is 5. The molecule has 0 aliphatic carbocycles. The van der Waals surface area contributed by atoms with Crippen LogP contribution in [-0.2, 0) is 6.61 Å². The number of hydrogen-bond acceptors (Lipinski definition) is 2. The summed E-state index contributed by atoms with van der Waals surface area (Å²) in [4.78, 5) is 0. The van der Waals surface area contributed by atoms with Gasteiger partial charge in [-0.05, 0) is 78.7 Å². The molecule has 0 spiro atoms. The molecule has 0 atom stereocenters. The van der Waals surface area contributed by atoms with E-state index in [9.17, 15) is 0 Å². The van der Waals surface area contributed by atoms with Crippen molar-refractivity contribution < 1.29 is 4.74 Å². The van der Waals surface area contributed by atoms with Gasteiger partial charge in [0.15, 0.2) is 0 Å². The van der Waals surface area contributed by atoms with E-state index < -0.39 is 0 Å². The van der Waals surface area contributed by atoms with Crippen molar-refractivity contribution in [1.29, 1.82) is 0 Å². The van der Waals surface area contributed by atoms with Crippen molar-refractivity contribution in [2.45, 2.75) is 32.3 Å². The highest BCUT2D eigenvalue weighted by atomic mass is 16.5. The Bertz CT molecular complexity index is 865. The molecule has 138 valence electrons. The second-order valence-electron chi connectivity index (χ2n) is 7.40. The molecule has 2 nitrogen and oxygen atoms in total. The summed E-state index contributed by atoms with van der Waals surface area (Å²) in [5.41, 5.74) is 6.42. The Hall–Kier alpha value is -2.58. The highest BCUT2D eigenvalue weighted by molar-refractivity contribution is 5.67. The summed E-state index contributed by atoms with van der Waals surface area (Å²) in [6.45, 7) is 5.02. The monoisotopic (exact) mass is 357 g/mol. The summed E-state index contributed by atoms with van der Waals surface area (Å²) in [6, 6.07) is 25.8. The Kier molecular flexibility index (Phi) is 5.55. The minimum atomic E-state index is 0.608. The lowest BCUT2D eigenvalue weighted by molar-refractivity contribution is 0.306. The molecule has 3 aromatic carbocycles. The molecule has 1 aliphatic heterocycles. The van der Waals surface area contributed by atoms with Crippen LogP contribution in [-0.4, -0.2) is 13.1 Å². The first-order valence-electron chi connectivity index (χ1n) is 9.88. The Morgan fingerprint density at radius 2 is 1.63 bits per heavy atom. The minimum absolute atomic E-state index is 0.608. The van der Waals surface area contributed by atoms with Crippen LogP contribution in [0.2, 0.25) is 0 Å². The average molecular weight is 357 g/mol. The van der Waals surface area contributed by atoms with Gasteiger partial charge >= 0.3 is 0 Å². The van der Waals surface area contributed by atoms with E-state index in [0.29, 0.717) is 12.5 Å². The molecule has 0 amide bonds. The molecule has 0 aromatic heterocycles. The summed E-state index contributed by atoms with van der Waals surface area (Å²) in [5.74, 6) is 1.63. The van der Waals surface area contributed by atoms with E-state index >= 15 is 0 Å². The van der Waals surface area contributed by atoms with Gasteiger partial charge in [-0.25, -0.2) is 0 Å². The Morgan fingerprint density at radius 1 is 0.889 bits per heavy atom. The molecule has 1 fully saturated rings. The van der Waals surface area contributed by atoms with Gasteiger partial charge in [0, 0.05) is 0 Å². The molecule has 27 heavy (non-hydrogen) atoms. The van der Waals surface area contributed by atoms with Crippen LogP contribution in [0, 0.1) is 6.92 Å². The van der Waals surface area contributed by atoms with E-state index in [4.69, 9.17) is 4.74 Å². The van der Waals surface area contributed by atoms with Crippen LogP contribution in [0.4, 0.5) is 0 Å². The number of benzene rings is 3. The highest BCUT2D eigenvalue weighted by Crippen LogP contribution is 2.28. The molecule has 1 saturated heterocycles. The van der Waals surface area contributed by atoms with Crippen molar-refractivity contribution in [3.63, 3.8) is 0 Å². The summed E-state index contributed by atoms with van der Waals surface area (Å²) >= 11 is 0. The fourth-order valence-corrected chi connectivity index (χ4v) is 3.88. The van der Waals surface area contributed by atoms with E-state index in [1.54, 1.807) is 0 Å². The van der Waals surface area contributed by atoms with Crippen LogP contribution in [0.3, 0.4) is 0 Å². The number of hydrogen-bond donors (Lipinski definition) is 1. The van der Waals surface area contributed by atoms with E-state index in [1.165, 1.54) is 40.7 Å². The standard InChI is InChI=1S/C25H27NO/c1-19-17-24(11-12-25(19)23-5-3-2-4-6-23)27-18-20-7-9-21(10-8-20)22-13-15-26-16-14-22/h2-12,17,22,26H,13-16,18H2,1H3. The third-order valence-corrected chi connectivity index (χ3v) is 5.48. The Morgan fingerprint density at radius 3 is 2.33 bits per heavy atom. The van der Waals surface area contributed by atoms with Crippen molar-refractivity contribution in [1.82, 2.24) is 5.32 Å². The number of ether oxygens (including phenoxy) is 1. The topological polar surface area (TPSA) is 21.3 Å². The van der Waals surface area contributed by atoms with Crippen LogP contribution in [0.5, 0.6) is 5.75 Å². The average Bonchev–Trinajstić information content (AvgIpc) is 2.74. The molecule has 0 saturated carbocycles. The molecular weight excluding hydrogens is 330 g/mol. The minimum Gasteiger partial charge on any atom is -0.489 e. The van der Waals surface area contributed by atoms with Crippen molar-refractivity contribution in [3.8, 4) is 16.9 Å². The van der Waals surface area contributed by atoms with Gasteiger partial charge in [0.2, 0.25) is 0 Å². The lowest BCUT2D eigenvalue weighted by Gasteiger charge is -2.23. The zero-order chi connectivity index (χ0) is 18.5. The summed E-state index contributed by atoms with van der Waals surface area (Å²) < 4.78 is 6.04. The van der Waals surface area contributed by atoms with Gasteiger partial charge in [0.05, 0.1) is 0 Å². The summed E-state index contributed by atoms with van der Waals surface area (Å²) in [5, 5.41) is 3.43. The van der Waals surface area contributed by atoms with E-state index in [2.05, 4.69) is 79.0 Å². The molecule has 1 heterocycles. The van der Waals surface area contributed by atoms with Crippen LogP contribution in [0.15, 0.2) is 72.8 Å². The number of aryl methyl sites for hydroxylation is 1. The molecular formula is C25H27NO. The maximum Gasteiger partial charge on any atom is 0.120 e. The van der Waals surface area contributed by atoms with Crippen molar-refractivity contribution >= 4 is 0 Å². The highest BCUT2D eigenvalue weighted by Gasteiger charge is 2.14. The summed E-state index contributed by atoms with van der Waals surface area (Å²) in [6.07, 6.45) is 2.48. The Balaban J connectivity index is 1.39. The molecule has 0 radical (unpaired) electrons. The van der Waals surface area contributed by atoms with Gasteiger partial charge in [-0.3, -0.25) is 0 Å². The smallest absolute Gasteiger partial charge is 0.120 e. The molecule has 3 aromatic rings. The predicted molar refractivity (Wildman–Crippen MR) is 112 cm³/mol. The quantitative estimate of drug-likeness (QED) is 0.632. The van der Waals surface area contributed by atoms with E-state index in [0.717, 1.165) is 18.8 Å². The third kappa shape index (κ3) is 4.40. The maximum absolute atomic E-state index is 6.04. The first-order valence-corrected chi connectivity index (χ1v) is 9.88. The van der Waals surface area contributed by atoms with Crippen molar-refractivity contribution in [3.05, 3.63) is 89.5 Å². The molecule has 1 N–H and O–H groups in total. The van der Waals surface area contributed by atoms with Gasteiger partial charge < -0.3 is 10.1 Å². The molecule has 4 rings (SSSR count). The zero-order valence-corrected chi connectivity index (χ0v) is 15.9. The van der Waals surface area contributed by atoms with E-state index in [1.807, 2.05) is 6.07 Å². The lowest BCUT2D eigenvalue weighted by Crippen LogP contribution is -2.26. The lowest BCUT2D eigenvalue weighted by atomic mass is 9.90. The fraction of sp³-hybridized carbons (Fsp3) is 0.280. The van der Waals surface area contributed by atoms with Gasteiger partial charge in [-0.2, -0.15) is 0 Å². The summed E-state index contributed by atoms with van der Waals surface area (Å²) in [7, 11) is 0. The van der Waals surface area contributed by atoms with Crippen LogP contribution in [0.1, 0.15) is 35.4 Å². The first-order chi connectivity index (χ1) is 13.3. The first kappa shape index (κ1) is 17.8. The van der Waals surface area contributed by atoms with Crippen LogP contribution in [0.25, 0.3) is 11.1 Å². The largest absolute Gasteiger partial charge is 0.489 e. The molecule has 0 unspecified atom stereocenters. The van der Waals surface area contributed by atoms with Crippen molar-refractivity contribution in [2.75, 3.05) is 13.1 Å². The third-order valence-electron chi connectivity index (χ3n) is 5.48. The second-order valence-corrected chi connectivity index (χ2v) is 7.40. The SMILES string of the molecule is Cc1cc(OCc2ccc(C3CCNCC3)cc2)ccc1-c1ccccc1. The van der Waals surface area contributed by atoms with Crippen molar-refractivity contribution in [2.24, 2.45) is 0 Å². The number of piperidine rings is 1. The zero-order valence-electron chi connectivity index (χ0n) is 15.9. The van der Waals surface area contributed by atoms with Crippen LogP contribution < -0.4 is 10.1 Å². The maximum atomic E-state index is 6.04. The predicted octanol–water partition coefficient (Wildman–Crippen LogP) is 5.71. The Labute approximate surface area is 162 Å². The van der Waals surface area contributed by atoms with Gasteiger partial charge in [0.25, 0.3) is 0 Å².